The number of aliphatic hydroxyl groups is 1. The molecule has 0 saturated carbocycles. The molecule has 0 saturated heterocycles. The van der Waals surface area contributed by atoms with E-state index in [2.05, 4.69) is 11.6 Å². The van der Waals surface area contributed by atoms with Crippen LogP contribution in [0.2, 0.25) is 0 Å². The van der Waals surface area contributed by atoms with Crippen molar-refractivity contribution in [2.45, 2.75) is 13.0 Å². The number of pyridine rings is 1. The summed E-state index contributed by atoms with van der Waals surface area (Å²) in [7, 11) is 0. The number of nitrogens with zero attached hydrogens (tertiary/aromatic N) is 1. The number of hydrogen-bond acceptors (Lipinski definition) is 3. The zero-order valence-corrected chi connectivity index (χ0v) is 7.44. The third-order valence-corrected chi connectivity index (χ3v) is 1.58. The number of rotatable bonds is 5. The largest absolute Gasteiger partial charge is 0.491 e. The molecule has 1 aromatic heterocycles. The first kappa shape index (κ1) is 9.74. The van der Waals surface area contributed by atoms with E-state index in [9.17, 15) is 0 Å². The van der Waals surface area contributed by atoms with Crippen LogP contribution in [-0.4, -0.2) is 16.7 Å². The zero-order chi connectivity index (χ0) is 9.52. The Kier molecular flexibility index (Phi) is 3.99. The van der Waals surface area contributed by atoms with E-state index in [1.807, 2.05) is 0 Å². The van der Waals surface area contributed by atoms with E-state index in [0.717, 1.165) is 6.42 Å². The molecule has 70 valence electrons. The quantitative estimate of drug-likeness (QED) is 0.550. The SMILES string of the molecule is C=CCCOc1cccnc1CO. The Hall–Kier alpha value is -1.35. The highest BCUT2D eigenvalue weighted by Crippen LogP contribution is 2.14. The lowest BCUT2D eigenvalue weighted by Gasteiger charge is -2.07. The van der Waals surface area contributed by atoms with Crippen LogP contribution < -0.4 is 4.74 Å². The normalized spacial score (nSPS) is 9.62. The third kappa shape index (κ3) is 2.87. The molecule has 0 spiro atoms. The van der Waals surface area contributed by atoms with E-state index in [0.29, 0.717) is 18.1 Å². The predicted molar refractivity (Wildman–Crippen MR) is 50.5 cm³/mol. The molecule has 1 heterocycles. The van der Waals surface area contributed by atoms with Gasteiger partial charge >= 0.3 is 0 Å². The molecule has 1 aromatic rings. The Morgan fingerprint density at radius 3 is 3.15 bits per heavy atom. The molecule has 0 aliphatic heterocycles. The van der Waals surface area contributed by atoms with Gasteiger partial charge in [0.15, 0.2) is 0 Å². The van der Waals surface area contributed by atoms with Gasteiger partial charge in [0.05, 0.1) is 13.2 Å². The van der Waals surface area contributed by atoms with Crippen molar-refractivity contribution in [2.75, 3.05) is 6.61 Å². The van der Waals surface area contributed by atoms with Gasteiger partial charge in [-0.25, -0.2) is 0 Å². The van der Waals surface area contributed by atoms with E-state index < -0.39 is 0 Å². The molecule has 0 fully saturated rings. The van der Waals surface area contributed by atoms with Gasteiger partial charge in [0.1, 0.15) is 11.4 Å². The Bertz CT molecular complexity index is 273. The highest BCUT2D eigenvalue weighted by molar-refractivity contribution is 5.26. The first-order valence-corrected chi connectivity index (χ1v) is 4.17. The van der Waals surface area contributed by atoms with E-state index in [4.69, 9.17) is 9.84 Å². The highest BCUT2D eigenvalue weighted by atomic mass is 16.5. The van der Waals surface area contributed by atoms with Gasteiger partial charge in [-0.15, -0.1) is 6.58 Å². The first-order valence-electron chi connectivity index (χ1n) is 4.17. The van der Waals surface area contributed by atoms with Crippen molar-refractivity contribution in [3.05, 3.63) is 36.7 Å². The maximum absolute atomic E-state index is 8.91. The minimum absolute atomic E-state index is 0.0930. The summed E-state index contributed by atoms with van der Waals surface area (Å²) >= 11 is 0. The molecule has 0 aliphatic carbocycles. The van der Waals surface area contributed by atoms with Crippen molar-refractivity contribution in [3.8, 4) is 5.75 Å². The molecule has 0 aliphatic rings. The van der Waals surface area contributed by atoms with Crippen LogP contribution in [0.15, 0.2) is 31.0 Å². The third-order valence-electron chi connectivity index (χ3n) is 1.58. The lowest BCUT2D eigenvalue weighted by molar-refractivity contribution is 0.258. The fourth-order valence-corrected chi connectivity index (χ4v) is 0.926. The average Bonchev–Trinajstić information content (AvgIpc) is 2.19. The number of aromatic nitrogens is 1. The molecule has 3 nitrogen and oxygen atoms in total. The molecule has 0 amide bonds. The summed E-state index contributed by atoms with van der Waals surface area (Å²) in [6, 6.07) is 3.57. The van der Waals surface area contributed by atoms with E-state index in [1.165, 1.54) is 0 Å². The van der Waals surface area contributed by atoms with Crippen molar-refractivity contribution in [1.29, 1.82) is 0 Å². The predicted octanol–water partition coefficient (Wildman–Crippen LogP) is 1.53. The summed E-state index contributed by atoms with van der Waals surface area (Å²) in [5.74, 6) is 0.645. The van der Waals surface area contributed by atoms with Crippen LogP contribution in [0.4, 0.5) is 0 Å². The molecule has 1 rings (SSSR count). The number of hydrogen-bond donors (Lipinski definition) is 1. The average molecular weight is 179 g/mol. The first-order chi connectivity index (χ1) is 6.38. The second kappa shape index (κ2) is 5.32. The van der Waals surface area contributed by atoms with E-state index >= 15 is 0 Å². The molecule has 0 atom stereocenters. The van der Waals surface area contributed by atoms with Gasteiger partial charge in [-0.1, -0.05) is 6.08 Å². The van der Waals surface area contributed by atoms with Gasteiger partial charge in [-0.2, -0.15) is 0 Å². The van der Waals surface area contributed by atoms with Crippen LogP contribution in [0.1, 0.15) is 12.1 Å². The second-order valence-electron chi connectivity index (χ2n) is 2.53. The van der Waals surface area contributed by atoms with E-state index in [1.54, 1.807) is 24.4 Å². The summed E-state index contributed by atoms with van der Waals surface area (Å²) in [6.45, 7) is 4.07. The fraction of sp³-hybridized carbons (Fsp3) is 0.300. The number of aliphatic hydroxyl groups excluding tert-OH is 1. The molecular formula is C10H13NO2. The van der Waals surface area contributed by atoms with Crippen LogP contribution in [0.3, 0.4) is 0 Å². The Balaban J connectivity index is 2.58. The van der Waals surface area contributed by atoms with Crippen LogP contribution in [0.25, 0.3) is 0 Å². The van der Waals surface area contributed by atoms with Gasteiger partial charge in [-0.05, 0) is 18.6 Å². The Labute approximate surface area is 77.7 Å². The van der Waals surface area contributed by atoms with Crippen molar-refractivity contribution >= 4 is 0 Å². The molecule has 3 heteroatoms. The summed E-state index contributed by atoms with van der Waals surface area (Å²) < 4.78 is 5.37. The molecule has 0 bridgehead atoms. The monoisotopic (exact) mass is 179 g/mol. The van der Waals surface area contributed by atoms with Crippen molar-refractivity contribution < 1.29 is 9.84 Å². The minimum atomic E-state index is -0.0930. The van der Waals surface area contributed by atoms with Crippen LogP contribution in [-0.2, 0) is 6.61 Å². The van der Waals surface area contributed by atoms with Gasteiger partial charge in [-0.3, -0.25) is 4.98 Å². The second-order valence-corrected chi connectivity index (χ2v) is 2.53. The molecule has 0 unspecified atom stereocenters. The van der Waals surface area contributed by atoms with E-state index in [-0.39, 0.29) is 6.61 Å². The molecule has 1 N–H and O–H groups in total. The fourth-order valence-electron chi connectivity index (χ4n) is 0.926. The smallest absolute Gasteiger partial charge is 0.143 e. The van der Waals surface area contributed by atoms with Crippen LogP contribution in [0.5, 0.6) is 5.75 Å². The lowest BCUT2D eigenvalue weighted by atomic mass is 10.3. The highest BCUT2D eigenvalue weighted by Gasteiger charge is 2.01. The Morgan fingerprint density at radius 1 is 1.62 bits per heavy atom. The minimum Gasteiger partial charge on any atom is -0.491 e. The summed E-state index contributed by atoms with van der Waals surface area (Å²) in [5.41, 5.74) is 0.576. The van der Waals surface area contributed by atoms with Crippen molar-refractivity contribution in [2.24, 2.45) is 0 Å². The molecule has 0 aromatic carbocycles. The van der Waals surface area contributed by atoms with Crippen molar-refractivity contribution in [3.63, 3.8) is 0 Å². The maximum atomic E-state index is 8.91. The Morgan fingerprint density at radius 2 is 2.46 bits per heavy atom. The standard InChI is InChI=1S/C10H13NO2/c1-2-3-7-13-10-5-4-6-11-9(10)8-12/h2,4-6,12H,1,3,7-8H2. The van der Waals surface area contributed by atoms with Crippen LogP contribution in [0, 0.1) is 0 Å². The number of ether oxygens (including phenoxy) is 1. The van der Waals surface area contributed by atoms with Gasteiger partial charge in [0, 0.05) is 6.20 Å². The molecular weight excluding hydrogens is 166 g/mol. The van der Waals surface area contributed by atoms with Crippen LogP contribution >= 0.6 is 0 Å². The summed E-state index contributed by atoms with van der Waals surface area (Å²) in [4.78, 5) is 3.98. The van der Waals surface area contributed by atoms with Gasteiger partial charge in [0.2, 0.25) is 0 Å². The lowest BCUT2D eigenvalue weighted by Crippen LogP contribution is -2.00. The van der Waals surface area contributed by atoms with Gasteiger partial charge < -0.3 is 9.84 Å². The molecule has 0 radical (unpaired) electrons. The maximum Gasteiger partial charge on any atom is 0.143 e. The summed E-state index contributed by atoms with van der Waals surface area (Å²) in [5, 5.41) is 8.91. The summed E-state index contributed by atoms with van der Waals surface area (Å²) in [6.07, 6.45) is 4.21. The molecule has 13 heavy (non-hydrogen) atoms. The van der Waals surface area contributed by atoms with Crippen molar-refractivity contribution in [1.82, 2.24) is 4.98 Å². The zero-order valence-electron chi connectivity index (χ0n) is 7.44. The van der Waals surface area contributed by atoms with Gasteiger partial charge in [0.25, 0.3) is 0 Å². The topological polar surface area (TPSA) is 42.4 Å².